The number of amides is 2. The number of hydrogen-bond donors (Lipinski definition) is 2. The van der Waals surface area contributed by atoms with E-state index in [4.69, 9.17) is 0 Å². The van der Waals surface area contributed by atoms with Crippen molar-refractivity contribution < 1.29 is 14.0 Å². The Kier molecular flexibility index (Phi) is 5.86. The molecule has 1 unspecified atom stereocenters. The fourth-order valence-electron chi connectivity index (χ4n) is 2.18. The van der Waals surface area contributed by atoms with E-state index in [0.717, 1.165) is 5.56 Å². The molecule has 0 radical (unpaired) electrons. The maximum Gasteiger partial charge on any atom is 0.309 e. The molecule has 0 fully saturated rings. The lowest BCUT2D eigenvalue weighted by atomic mass is 10.1. The van der Waals surface area contributed by atoms with Crippen molar-refractivity contribution in [3.63, 3.8) is 0 Å². The van der Waals surface area contributed by atoms with Gasteiger partial charge in [0, 0.05) is 6.54 Å². The molecule has 0 aromatic heterocycles. The molecule has 23 heavy (non-hydrogen) atoms. The van der Waals surface area contributed by atoms with E-state index >= 15 is 0 Å². The van der Waals surface area contributed by atoms with Crippen LogP contribution in [0.4, 0.5) is 4.39 Å². The summed E-state index contributed by atoms with van der Waals surface area (Å²) in [5.41, 5.74) is 1.42. The van der Waals surface area contributed by atoms with E-state index in [9.17, 15) is 14.0 Å². The Bertz CT molecular complexity index is 674. The Morgan fingerprint density at radius 3 is 2.35 bits per heavy atom. The lowest BCUT2D eigenvalue weighted by molar-refractivity contribution is -0.139. The Hall–Kier alpha value is -2.69. The quantitative estimate of drug-likeness (QED) is 0.832. The van der Waals surface area contributed by atoms with Crippen LogP contribution in [0.2, 0.25) is 0 Å². The minimum absolute atomic E-state index is 0.201. The Balaban J connectivity index is 1.79. The molecule has 0 aliphatic heterocycles. The first kappa shape index (κ1) is 16.7. The molecule has 0 saturated heterocycles. The van der Waals surface area contributed by atoms with Crippen LogP contribution >= 0.6 is 0 Å². The third-order valence-corrected chi connectivity index (χ3v) is 3.49. The summed E-state index contributed by atoms with van der Waals surface area (Å²) in [6.07, 6.45) is 0.333. The number of carbonyl (C=O) groups excluding carboxylic acids is 2. The zero-order chi connectivity index (χ0) is 16.7. The average Bonchev–Trinajstić information content (AvgIpc) is 2.57. The highest BCUT2D eigenvalue weighted by molar-refractivity contribution is 6.35. The topological polar surface area (TPSA) is 58.2 Å². The van der Waals surface area contributed by atoms with E-state index in [1.807, 2.05) is 30.3 Å². The molecule has 0 bridgehead atoms. The van der Waals surface area contributed by atoms with Gasteiger partial charge in [0.25, 0.3) is 0 Å². The van der Waals surface area contributed by atoms with Crippen molar-refractivity contribution in [2.45, 2.75) is 19.4 Å². The van der Waals surface area contributed by atoms with Gasteiger partial charge < -0.3 is 10.6 Å². The van der Waals surface area contributed by atoms with E-state index in [2.05, 4.69) is 10.6 Å². The summed E-state index contributed by atoms with van der Waals surface area (Å²) in [7, 11) is 0. The van der Waals surface area contributed by atoms with E-state index in [1.165, 1.54) is 6.07 Å². The molecule has 120 valence electrons. The normalized spacial score (nSPS) is 11.6. The second kappa shape index (κ2) is 8.08. The van der Waals surface area contributed by atoms with Crippen LogP contribution in [0.15, 0.2) is 54.6 Å². The maximum atomic E-state index is 13.4. The van der Waals surface area contributed by atoms with Gasteiger partial charge in [-0.15, -0.1) is 0 Å². The van der Waals surface area contributed by atoms with E-state index in [0.29, 0.717) is 12.0 Å². The van der Waals surface area contributed by atoms with Crippen molar-refractivity contribution >= 4 is 11.8 Å². The van der Waals surface area contributed by atoms with Crippen molar-refractivity contribution in [2.24, 2.45) is 0 Å². The molecule has 0 spiro atoms. The van der Waals surface area contributed by atoms with Gasteiger partial charge >= 0.3 is 11.8 Å². The molecule has 0 aliphatic carbocycles. The van der Waals surface area contributed by atoms with Gasteiger partial charge in [-0.1, -0.05) is 48.5 Å². The lowest BCUT2D eigenvalue weighted by Gasteiger charge is -2.14. The fraction of sp³-hybridized carbons (Fsp3) is 0.222. The lowest BCUT2D eigenvalue weighted by Crippen LogP contribution is -2.41. The summed E-state index contributed by atoms with van der Waals surface area (Å²) in [5, 5.41) is 5.13. The highest BCUT2D eigenvalue weighted by Gasteiger charge is 2.16. The molecule has 2 aromatic rings. The molecule has 5 heteroatoms. The van der Waals surface area contributed by atoms with E-state index in [1.54, 1.807) is 25.1 Å². The molecule has 2 aromatic carbocycles. The van der Waals surface area contributed by atoms with Gasteiger partial charge in [-0.05, 0) is 30.5 Å². The number of benzene rings is 2. The first-order chi connectivity index (χ1) is 11.1. The number of halogens is 1. The van der Waals surface area contributed by atoms with Gasteiger partial charge in [-0.25, -0.2) is 4.39 Å². The predicted molar refractivity (Wildman–Crippen MR) is 86.1 cm³/mol. The summed E-state index contributed by atoms with van der Waals surface area (Å²) in [4.78, 5) is 23.6. The second-order valence-electron chi connectivity index (χ2n) is 5.20. The zero-order valence-electron chi connectivity index (χ0n) is 12.9. The van der Waals surface area contributed by atoms with Crippen molar-refractivity contribution in [1.29, 1.82) is 0 Å². The van der Waals surface area contributed by atoms with Crippen LogP contribution in [0.25, 0.3) is 0 Å². The van der Waals surface area contributed by atoms with Crippen molar-refractivity contribution in [3.8, 4) is 0 Å². The van der Waals surface area contributed by atoms with Crippen molar-refractivity contribution in [2.75, 3.05) is 6.54 Å². The van der Waals surface area contributed by atoms with Gasteiger partial charge in [0.2, 0.25) is 0 Å². The molecular weight excluding hydrogens is 295 g/mol. The molecule has 4 nitrogen and oxygen atoms in total. The number of hydrogen-bond acceptors (Lipinski definition) is 2. The molecule has 2 N–H and O–H groups in total. The van der Waals surface area contributed by atoms with Crippen LogP contribution in [-0.2, 0) is 16.0 Å². The summed E-state index contributed by atoms with van der Waals surface area (Å²) < 4.78 is 13.4. The van der Waals surface area contributed by atoms with Crippen LogP contribution in [0.5, 0.6) is 0 Å². The van der Waals surface area contributed by atoms with Crippen molar-refractivity contribution in [3.05, 3.63) is 71.5 Å². The zero-order valence-corrected chi connectivity index (χ0v) is 12.9. The Labute approximate surface area is 134 Å². The van der Waals surface area contributed by atoms with E-state index < -0.39 is 11.8 Å². The molecule has 2 amide bonds. The first-order valence-electron chi connectivity index (χ1n) is 7.45. The highest BCUT2D eigenvalue weighted by Crippen LogP contribution is 2.10. The Morgan fingerprint density at radius 1 is 1.00 bits per heavy atom. The molecule has 0 heterocycles. The highest BCUT2D eigenvalue weighted by atomic mass is 19.1. The van der Waals surface area contributed by atoms with Crippen LogP contribution in [-0.4, -0.2) is 18.4 Å². The van der Waals surface area contributed by atoms with Crippen LogP contribution in [0.3, 0.4) is 0 Å². The summed E-state index contributed by atoms with van der Waals surface area (Å²) in [6.45, 7) is 2.01. The fourth-order valence-corrected chi connectivity index (χ4v) is 2.18. The smallest absolute Gasteiger partial charge is 0.309 e. The standard InChI is InChI=1S/C18H19FN2O2/c1-13(14-7-3-2-4-8-14)21-18(23)17(22)20-12-11-15-9-5-6-10-16(15)19/h2-10,13H,11-12H2,1H3,(H,20,22)(H,21,23). The number of carbonyl (C=O) groups is 2. The monoisotopic (exact) mass is 314 g/mol. The summed E-state index contributed by atoms with van der Waals surface area (Å²) >= 11 is 0. The molecular formula is C18H19FN2O2. The predicted octanol–water partition coefficient (Wildman–Crippen LogP) is 2.36. The number of nitrogens with one attached hydrogen (secondary N) is 2. The summed E-state index contributed by atoms with van der Waals surface area (Å²) in [6, 6.07) is 15.5. The van der Waals surface area contributed by atoms with Crippen LogP contribution in [0, 0.1) is 5.82 Å². The number of rotatable bonds is 5. The minimum atomic E-state index is -0.718. The second-order valence-corrected chi connectivity index (χ2v) is 5.20. The van der Waals surface area contributed by atoms with Gasteiger partial charge in [0.1, 0.15) is 5.82 Å². The molecule has 2 rings (SSSR count). The maximum absolute atomic E-state index is 13.4. The average molecular weight is 314 g/mol. The SMILES string of the molecule is CC(NC(=O)C(=O)NCCc1ccccc1F)c1ccccc1. The van der Waals surface area contributed by atoms with Gasteiger partial charge in [0.05, 0.1) is 6.04 Å². The third-order valence-electron chi connectivity index (χ3n) is 3.49. The molecule has 1 atom stereocenters. The van der Waals surface area contributed by atoms with Crippen molar-refractivity contribution in [1.82, 2.24) is 10.6 Å². The summed E-state index contributed by atoms with van der Waals surface area (Å²) in [5.74, 6) is -1.73. The van der Waals surface area contributed by atoms with E-state index in [-0.39, 0.29) is 18.4 Å². The molecule has 0 aliphatic rings. The van der Waals surface area contributed by atoms with Gasteiger partial charge in [0.15, 0.2) is 0 Å². The Morgan fingerprint density at radius 2 is 1.65 bits per heavy atom. The van der Waals surface area contributed by atoms with Crippen LogP contribution in [0.1, 0.15) is 24.1 Å². The molecule has 0 saturated carbocycles. The van der Waals surface area contributed by atoms with Crippen LogP contribution < -0.4 is 10.6 Å². The first-order valence-corrected chi connectivity index (χ1v) is 7.45. The minimum Gasteiger partial charge on any atom is -0.348 e. The van der Waals surface area contributed by atoms with Gasteiger partial charge in [-0.2, -0.15) is 0 Å². The third kappa shape index (κ3) is 4.92. The van der Waals surface area contributed by atoms with Gasteiger partial charge in [-0.3, -0.25) is 9.59 Å². The largest absolute Gasteiger partial charge is 0.348 e.